The number of halogens is 1. The Morgan fingerprint density at radius 1 is 1.60 bits per heavy atom. The van der Waals surface area contributed by atoms with E-state index in [-0.39, 0.29) is 5.84 Å². The monoisotopic (exact) mass is 297 g/mol. The molecule has 2 atom stereocenters. The first-order valence-corrected chi connectivity index (χ1v) is 7.08. The average Bonchev–Trinajstić information content (AvgIpc) is 2.85. The maximum atomic E-state index is 8.63. The van der Waals surface area contributed by atoms with Gasteiger partial charge in [-0.25, -0.2) is 0 Å². The molecule has 1 aliphatic rings. The van der Waals surface area contributed by atoms with E-state index >= 15 is 0 Å². The summed E-state index contributed by atoms with van der Waals surface area (Å²) in [5.74, 6) is 0.619. The molecule has 5 nitrogen and oxygen atoms in total. The molecule has 20 heavy (non-hydrogen) atoms. The van der Waals surface area contributed by atoms with E-state index in [0.717, 1.165) is 25.1 Å². The molecule has 1 aromatic rings. The lowest BCUT2D eigenvalue weighted by molar-refractivity contribution is 0.105. The third kappa shape index (κ3) is 3.62. The number of nitrogens with zero attached hydrogens (tertiary/aromatic N) is 1. The summed E-state index contributed by atoms with van der Waals surface area (Å²) in [7, 11) is 0. The van der Waals surface area contributed by atoms with E-state index in [4.69, 9.17) is 27.3 Å². The van der Waals surface area contributed by atoms with Crippen LogP contribution in [0.15, 0.2) is 23.4 Å². The molecule has 6 heteroatoms. The van der Waals surface area contributed by atoms with E-state index in [1.165, 1.54) is 0 Å². The predicted octanol–water partition coefficient (Wildman–Crippen LogP) is 1.95. The summed E-state index contributed by atoms with van der Waals surface area (Å²) in [6.07, 6.45) is 1.42. The van der Waals surface area contributed by atoms with Crippen molar-refractivity contribution in [2.75, 3.05) is 13.2 Å². The molecule has 1 fully saturated rings. The van der Waals surface area contributed by atoms with Gasteiger partial charge in [-0.3, -0.25) is 0 Å². The average molecular weight is 298 g/mol. The molecule has 0 aliphatic carbocycles. The Balaban J connectivity index is 1.90. The first-order chi connectivity index (χ1) is 9.61. The molecule has 4 N–H and O–H groups in total. The van der Waals surface area contributed by atoms with Gasteiger partial charge in [-0.05, 0) is 30.9 Å². The molecule has 2 unspecified atom stereocenters. The minimum Gasteiger partial charge on any atom is -0.409 e. The highest BCUT2D eigenvalue weighted by molar-refractivity contribution is 6.31. The van der Waals surface area contributed by atoms with Gasteiger partial charge in [-0.15, -0.1) is 0 Å². The third-order valence-electron chi connectivity index (χ3n) is 3.71. The fourth-order valence-electron chi connectivity index (χ4n) is 2.34. The molecule has 1 aromatic carbocycles. The number of ether oxygens (including phenoxy) is 1. The number of nitrogens with one attached hydrogen (secondary N) is 1. The molecule has 0 amide bonds. The fourth-order valence-corrected chi connectivity index (χ4v) is 2.59. The van der Waals surface area contributed by atoms with Crippen LogP contribution in [0.5, 0.6) is 0 Å². The van der Waals surface area contributed by atoms with Gasteiger partial charge >= 0.3 is 0 Å². The molecule has 0 bridgehead atoms. The van der Waals surface area contributed by atoms with E-state index in [9.17, 15) is 0 Å². The smallest absolute Gasteiger partial charge is 0.170 e. The Labute approximate surface area is 123 Å². The van der Waals surface area contributed by atoms with Crippen LogP contribution in [0.1, 0.15) is 24.5 Å². The van der Waals surface area contributed by atoms with Crippen molar-refractivity contribution in [1.82, 2.24) is 5.32 Å². The zero-order chi connectivity index (χ0) is 14.5. The lowest BCUT2D eigenvalue weighted by Crippen LogP contribution is -2.26. The van der Waals surface area contributed by atoms with Crippen molar-refractivity contribution in [3.63, 3.8) is 0 Å². The molecule has 0 spiro atoms. The van der Waals surface area contributed by atoms with Crippen LogP contribution in [0.25, 0.3) is 0 Å². The summed E-state index contributed by atoms with van der Waals surface area (Å²) in [6, 6.07) is 5.38. The van der Waals surface area contributed by atoms with Gasteiger partial charge in [0.05, 0.1) is 6.10 Å². The van der Waals surface area contributed by atoms with E-state index in [0.29, 0.717) is 29.2 Å². The normalized spacial score (nSPS) is 23.2. The van der Waals surface area contributed by atoms with Gasteiger partial charge in [-0.1, -0.05) is 28.9 Å². The van der Waals surface area contributed by atoms with Crippen molar-refractivity contribution in [2.24, 2.45) is 16.8 Å². The zero-order valence-electron chi connectivity index (χ0n) is 11.5. The summed E-state index contributed by atoms with van der Waals surface area (Å²) in [5.41, 5.74) is 7.13. The number of amidine groups is 1. The van der Waals surface area contributed by atoms with E-state index in [1.807, 2.05) is 6.07 Å². The molecule has 2 rings (SSSR count). The maximum absolute atomic E-state index is 8.63. The summed E-state index contributed by atoms with van der Waals surface area (Å²) >= 11 is 6.20. The van der Waals surface area contributed by atoms with E-state index in [2.05, 4.69) is 17.4 Å². The Morgan fingerprint density at radius 3 is 3.00 bits per heavy atom. The van der Waals surface area contributed by atoms with Crippen molar-refractivity contribution in [3.8, 4) is 0 Å². The number of oxime groups is 1. The van der Waals surface area contributed by atoms with Crippen molar-refractivity contribution in [1.29, 1.82) is 0 Å². The van der Waals surface area contributed by atoms with Gasteiger partial charge < -0.3 is 21.0 Å². The lowest BCUT2D eigenvalue weighted by Gasteiger charge is -2.15. The van der Waals surface area contributed by atoms with Crippen LogP contribution in [0, 0.1) is 5.92 Å². The minimum atomic E-state index is 0.0586. The number of nitrogens with two attached hydrogens (primary N) is 1. The van der Waals surface area contributed by atoms with Crippen molar-refractivity contribution >= 4 is 17.4 Å². The predicted molar refractivity (Wildman–Crippen MR) is 79.2 cm³/mol. The molecule has 1 saturated heterocycles. The van der Waals surface area contributed by atoms with Crippen molar-refractivity contribution < 1.29 is 9.94 Å². The van der Waals surface area contributed by atoms with Crippen LogP contribution in [0.2, 0.25) is 5.02 Å². The van der Waals surface area contributed by atoms with Crippen LogP contribution >= 0.6 is 11.6 Å². The largest absolute Gasteiger partial charge is 0.409 e. The molecule has 1 heterocycles. The van der Waals surface area contributed by atoms with Gasteiger partial charge in [0.2, 0.25) is 0 Å². The highest BCUT2D eigenvalue weighted by atomic mass is 35.5. The van der Waals surface area contributed by atoms with Crippen LogP contribution < -0.4 is 11.1 Å². The first-order valence-electron chi connectivity index (χ1n) is 6.70. The van der Waals surface area contributed by atoms with E-state index < -0.39 is 0 Å². The number of hydrogen-bond acceptors (Lipinski definition) is 4. The van der Waals surface area contributed by atoms with Crippen LogP contribution in [0.3, 0.4) is 0 Å². The molecule has 110 valence electrons. The molecular formula is C14H20ClN3O2. The SMILES string of the molecule is CC1OCCC1CNCc1ccc(/C(N)=N/O)cc1Cl. The van der Waals surface area contributed by atoms with E-state index in [1.54, 1.807) is 12.1 Å². The molecule has 1 aliphatic heterocycles. The summed E-state index contributed by atoms with van der Waals surface area (Å²) < 4.78 is 5.53. The number of rotatable bonds is 5. The van der Waals surface area contributed by atoms with Crippen LogP contribution in [0.4, 0.5) is 0 Å². The van der Waals surface area contributed by atoms with Crippen molar-refractivity contribution in [3.05, 3.63) is 34.3 Å². The van der Waals surface area contributed by atoms with Crippen molar-refractivity contribution in [2.45, 2.75) is 26.0 Å². The third-order valence-corrected chi connectivity index (χ3v) is 4.06. The number of hydrogen-bond donors (Lipinski definition) is 3. The summed E-state index contributed by atoms with van der Waals surface area (Å²) in [6.45, 7) is 4.57. The first kappa shape index (κ1) is 15.1. The molecular weight excluding hydrogens is 278 g/mol. The fraction of sp³-hybridized carbons (Fsp3) is 0.500. The second kappa shape index (κ2) is 6.92. The minimum absolute atomic E-state index is 0.0586. The molecule has 0 saturated carbocycles. The second-order valence-electron chi connectivity index (χ2n) is 5.05. The zero-order valence-corrected chi connectivity index (χ0v) is 12.2. The molecule has 0 radical (unpaired) electrons. The Hall–Kier alpha value is -1.30. The highest BCUT2D eigenvalue weighted by Gasteiger charge is 2.23. The standard InChI is InChI=1S/C14H20ClN3O2/c1-9-11(4-5-20-9)7-17-8-12-3-2-10(6-13(12)15)14(16)18-19/h2-3,6,9,11,17,19H,4-5,7-8H2,1H3,(H2,16,18). The van der Waals surface area contributed by atoms with Crippen LogP contribution in [-0.2, 0) is 11.3 Å². The molecule has 0 aromatic heterocycles. The number of benzene rings is 1. The Kier molecular flexibility index (Phi) is 5.23. The second-order valence-corrected chi connectivity index (χ2v) is 5.45. The highest BCUT2D eigenvalue weighted by Crippen LogP contribution is 2.21. The van der Waals surface area contributed by atoms with Gasteiger partial charge in [0.1, 0.15) is 0 Å². The van der Waals surface area contributed by atoms with Gasteiger partial charge in [0, 0.05) is 30.3 Å². The Morgan fingerprint density at radius 2 is 2.40 bits per heavy atom. The quantitative estimate of drug-likeness (QED) is 0.336. The van der Waals surface area contributed by atoms with Crippen LogP contribution in [-0.4, -0.2) is 30.3 Å². The summed E-state index contributed by atoms with van der Waals surface area (Å²) in [5, 5.41) is 15.6. The summed E-state index contributed by atoms with van der Waals surface area (Å²) in [4.78, 5) is 0. The van der Waals surface area contributed by atoms with Gasteiger partial charge in [0.25, 0.3) is 0 Å². The topological polar surface area (TPSA) is 79.9 Å². The van der Waals surface area contributed by atoms with Gasteiger partial charge in [-0.2, -0.15) is 0 Å². The van der Waals surface area contributed by atoms with Gasteiger partial charge in [0.15, 0.2) is 5.84 Å². The maximum Gasteiger partial charge on any atom is 0.170 e. The Bertz CT molecular complexity index is 493. The lowest BCUT2D eigenvalue weighted by atomic mass is 10.0.